The lowest BCUT2D eigenvalue weighted by Gasteiger charge is -2.28. The van der Waals surface area contributed by atoms with E-state index in [0.29, 0.717) is 11.6 Å². The summed E-state index contributed by atoms with van der Waals surface area (Å²) in [5.74, 6) is -0.604. The third kappa shape index (κ3) is 5.97. The van der Waals surface area contributed by atoms with Crippen LogP contribution in [-0.4, -0.2) is 27.2 Å². The number of rotatable bonds is 8. The summed E-state index contributed by atoms with van der Waals surface area (Å²) in [6.07, 6.45) is 5.07. The van der Waals surface area contributed by atoms with E-state index in [1.54, 1.807) is 0 Å². The first-order valence-corrected chi connectivity index (χ1v) is 11.3. The first kappa shape index (κ1) is 22.5. The van der Waals surface area contributed by atoms with Gasteiger partial charge in [0.1, 0.15) is 0 Å². The number of amides is 1. The molecule has 172 valence electrons. The van der Waals surface area contributed by atoms with Gasteiger partial charge in [-0.05, 0) is 79.3 Å². The summed E-state index contributed by atoms with van der Waals surface area (Å²) in [5, 5.41) is 22.5. The van der Waals surface area contributed by atoms with Crippen LogP contribution < -0.4 is 10.6 Å². The third-order valence-corrected chi connectivity index (χ3v) is 6.18. The summed E-state index contributed by atoms with van der Waals surface area (Å²) in [7, 11) is 0. The van der Waals surface area contributed by atoms with Crippen LogP contribution in [0.5, 0.6) is 0 Å². The Hall–Kier alpha value is -3.68. The van der Waals surface area contributed by atoms with Crippen LogP contribution in [0.25, 0.3) is 0 Å². The van der Waals surface area contributed by atoms with Crippen LogP contribution in [0.1, 0.15) is 66.8 Å². The molecule has 1 aliphatic rings. The molecule has 1 amide bonds. The predicted octanol–water partition coefficient (Wildman–Crippen LogP) is 5.38. The molecule has 1 saturated carbocycles. The van der Waals surface area contributed by atoms with Crippen molar-refractivity contribution in [3.8, 4) is 0 Å². The average Bonchev–Trinajstić information content (AvgIpc) is 3.29. The molecule has 4 rings (SSSR count). The van der Waals surface area contributed by atoms with Gasteiger partial charge < -0.3 is 20.2 Å². The molecule has 3 aromatic rings. The highest BCUT2D eigenvalue weighted by atomic mass is 16.4. The zero-order chi connectivity index (χ0) is 23.2. The van der Waals surface area contributed by atoms with Crippen molar-refractivity contribution in [2.75, 3.05) is 10.6 Å². The van der Waals surface area contributed by atoms with E-state index in [1.165, 1.54) is 11.1 Å². The molecule has 0 unspecified atom stereocenters. The lowest BCUT2D eigenvalue weighted by molar-refractivity contribution is -0.138. The van der Waals surface area contributed by atoms with E-state index in [9.17, 15) is 9.59 Å². The van der Waals surface area contributed by atoms with Crippen molar-refractivity contribution in [2.24, 2.45) is 5.92 Å². The van der Waals surface area contributed by atoms with E-state index in [4.69, 9.17) is 9.52 Å². The number of aromatic nitrogens is 2. The molecule has 0 atom stereocenters. The van der Waals surface area contributed by atoms with E-state index < -0.39 is 11.9 Å². The van der Waals surface area contributed by atoms with E-state index in [2.05, 4.69) is 27.8 Å². The summed E-state index contributed by atoms with van der Waals surface area (Å²) in [4.78, 5) is 23.4. The molecule has 0 radical (unpaired) electrons. The van der Waals surface area contributed by atoms with Crippen LogP contribution in [-0.2, 0) is 11.2 Å². The molecule has 33 heavy (non-hydrogen) atoms. The fourth-order valence-electron chi connectivity index (χ4n) is 4.28. The number of nitrogens with zero attached hydrogens (tertiary/aromatic N) is 2. The maximum absolute atomic E-state index is 12.5. The van der Waals surface area contributed by atoms with Crippen LogP contribution in [0.3, 0.4) is 0 Å². The summed E-state index contributed by atoms with van der Waals surface area (Å²) < 4.78 is 5.45. The lowest BCUT2D eigenvalue weighted by atomic mass is 9.77. The molecule has 1 fully saturated rings. The van der Waals surface area contributed by atoms with Gasteiger partial charge in [0.2, 0.25) is 0 Å². The molecule has 0 bridgehead atoms. The van der Waals surface area contributed by atoms with Crippen LogP contribution >= 0.6 is 0 Å². The smallest absolute Gasteiger partial charge is 0.320 e. The third-order valence-electron chi connectivity index (χ3n) is 6.18. The molecule has 1 aromatic heterocycles. The molecular formula is C25H28N4O4. The van der Waals surface area contributed by atoms with Crippen molar-refractivity contribution < 1.29 is 19.1 Å². The molecule has 1 heterocycles. The quantitative estimate of drug-likeness (QED) is 0.424. The van der Waals surface area contributed by atoms with Crippen LogP contribution in [0, 0.1) is 5.92 Å². The molecule has 2 aromatic carbocycles. The minimum Gasteiger partial charge on any atom is -0.481 e. The molecule has 8 heteroatoms. The Morgan fingerprint density at radius 1 is 0.970 bits per heavy atom. The second-order valence-electron chi connectivity index (χ2n) is 8.48. The van der Waals surface area contributed by atoms with Crippen LogP contribution in [0.4, 0.5) is 17.4 Å². The highest BCUT2D eigenvalue weighted by Crippen LogP contribution is 2.37. The van der Waals surface area contributed by atoms with Gasteiger partial charge in [0, 0.05) is 17.8 Å². The van der Waals surface area contributed by atoms with Crippen molar-refractivity contribution in [1.29, 1.82) is 0 Å². The maximum atomic E-state index is 12.5. The summed E-state index contributed by atoms with van der Waals surface area (Å²) in [6, 6.07) is 15.8. The summed E-state index contributed by atoms with van der Waals surface area (Å²) in [5.41, 5.74) is 3.88. The number of hydrogen-bond acceptors (Lipinski definition) is 6. The van der Waals surface area contributed by atoms with Crippen molar-refractivity contribution >= 4 is 29.3 Å². The number of nitrogens with one attached hydrogen (secondary N) is 2. The van der Waals surface area contributed by atoms with E-state index in [0.717, 1.165) is 37.8 Å². The Labute approximate surface area is 192 Å². The van der Waals surface area contributed by atoms with Gasteiger partial charge in [-0.2, -0.15) is 0 Å². The standard InChI is InChI=1S/C25H28N4O4/c1-2-16-5-11-21(12-6-16)27-25-29-28-24(33-25)23(32)26-20-13-9-19(10-14-20)18-7-3-17(4-8-18)15-22(30)31/h5-6,9-14,17-18H,2-4,7-8,15H2,1H3,(H,26,32)(H,27,29)(H,30,31)/t17-,18-. The van der Waals surface area contributed by atoms with Gasteiger partial charge >= 0.3 is 23.8 Å². The molecule has 0 aliphatic heterocycles. The number of carbonyl (C=O) groups is 2. The molecular weight excluding hydrogens is 420 g/mol. The van der Waals surface area contributed by atoms with Crippen LogP contribution in [0.2, 0.25) is 0 Å². The summed E-state index contributed by atoms with van der Waals surface area (Å²) >= 11 is 0. The lowest BCUT2D eigenvalue weighted by Crippen LogP contribution is -2.16. The van der Waals surface area contributed by atoms with Gasteiger partial charge in [0.05, 0.1) is 0 Å². The number of carboxylic acid groups (broad SMARTS) is 1. The number of carbonyl (C=O) groups excluding carboxylic acids is 1. The second-order valence-corrected chi connectivity index (χ2v) is 8.48. The number of carboxylic acids is 1. The van der Waals surface area contributed by atoms with Crippen molar-refractivity contribution in [3.05, 3.63) is 65.5 Å². The van der Waals surface area contributed by atoms with Gasteiger partial charge in [-0.3, -0.25) is 9.59 Å². The van der Waals surface area contributed by atoms with Gasteiger partial charge in [-0.25, -0.2) is 0 Å². The predicted molar refractivity (Wildman–Crippen MR) is 125 cm³/mol. The Kier molecular flexibility index (Phi) is 7.02. The maximum Gasteiger partial charge on any atom is 0.320 e. The Morgan fingerprint density at radius 2 is 1.64 bits per heavy atom. The van der Waals surface area contributed by atoms with Crippen molar-refractivity contribution in [2.45, 2.75) is 51.4 Å². The second kappa shape index (κ2) is 10.3. The van der Waals surface area contributed by atoms with E-state index in [1.807, 2.05) is 48.5 Å². The van der Waals surface area contributed by atoms with E-state index >= 15 is 0 Å². The zero-order valence-corrected chi connectivity index (χ0v) is 18.6. The van der Waals surface area contributed by atoms with Crippen molar-refractivity contribution in [3.63, 3.8) is 0 Å². The highest BCUT2D eigenvalue weighted by molar-refractivity contribution is 6.00. The number of benzene rings is 2. The highest BCUT2D eigenvalue weighted by Gasteiger charge is 2.24. The largest absolute Gasteiger partial charge is 0.481 e. The first-order valence-electron chi connectivity index (χ1n) is 11.3. The minimum absolute atomic E-state index is 0.122. The first-order chi connectivity index (χ1) is 16.0. The fourth-order valence-corrected chi connectivity index (χ4v) is 4.28. The normalized spacial score (nSPS) is 18.0. The number of aliphatic carboxylic acids is 1. The Balaban J connectivity index is 1.30. The van der Waals surface area contributed by atoms with Gasteiger partial charge in [-0.1, -0.05) is 36.3 Å². The molecule has 8 nitrogen and oxygen atoms in total. The molecule has 3 N–H and O–H groups in total. The van der Waals surface area contributed by atoms with Gasteiger partial charge in [0.25, 0.3) is 0 Å². The van der Waals surface area contributed by atoms with Crippen molar-refractivity contribution in [1.82, 2.24) is 10.2 Å². The SMILES string of the molecule is CCc1ccc(Nc2nnc(C(=O)Nc3ccc([C@H]4CC[C@H](CC(=O)O)CC4)cc3)o2)cc1. The number of anilines is 3. The number of hydrogen-bond donors (Lipinski definition) is 3. The zero-order valence-electron chi connectivity index (χ0n) is 18.6. The molecule has 0 spiro atoms. The van der Waals surface area contributed by atoms with Gasteiger partial charge in [0.15, 0.2) is 0 Å². The van der Waals surface area contributed by atoms with E-state index in [-0.39, 0.29) is 24.2 Å². The Bertz CT molecular complexity index is 1080. The Morgan fingerprint density at radius 3 is 2.27 bits per heavy atom. The summed E-state index contributed by atoms with van der Waals surface area (Å²) in [6.45, 7) is 2.09. The molecule has 1 aliphatic carbocycles. The average molecular weight is 449 g/mol. The molecule has 0 saturated heterocycles. The number of aryl methyl sites for hydroxylation is 1. The topological polar surface area (TPSA) is 117 Å². The minimum atomic E-state index is -0.715. The fraction of sp³-hybridized carbons (Fsp3) is 0.360. The van der Waals surface area contributed by atoms with Crippen LogP contribution in [0.15, 0.2) is 52.9 Å². The monoisotopic (exact) mass is 448 g/mol. The van der Waals surface area contributed by atoms with Gasteiger partial charge in [-0.15, -0.1) is 5.10 Å².